The highest BCUT2D eigenvalue weighted by Gasteiger charge is 2.15. The maximum Gasteiger partial charge on any atom is 0.321 e. The van der Waals surface area contributed by atoms with Crippen LogP contribution in [0.5, 0.6) is 23.1 Å². The molecule has 0 radical (unpaired) electrons. The van der Waals surface area contributed by atoms with Crippen LogP contribution in [0.3, 0.4) is 0 Å². The van der Waals surface area contributed by atoms with E-state index in [4.69, 9.17) is 25.8 Å². The first kappa shape index (κ1) is 23.4. The van der Waals surface area contributed by atoms with Gasteiger partial charge in [-0.25, -0.2) is 14.8 Å². The van der Waals surface area contributed by atoms with Gasteiger partial charge in [0.1, 0.15) is 12.1 Å². The molecule has 8 nitrogen and oxygen atoms in total. The SMILES string of the molecule is CCCN(CCC)C(=O)Nc1ccc(Oc2ncnc3cc(OC)c(OC)cc23)cc1Cl. The van der Waals surface area contributed by atoms with Crippen LogP contribution in [0.15, 0.2) is 36.7 Å². The van der Waals surface area contributed by atoms with E-state index >= 15 is 0 Å². The summed E-state index contributed by atoms with van der Waals surface area (Å²) in [5, 5.41) is 3.89. The second-order valence-electron chi connectivity index (χ2n) is 7.06. The zero-order valence-corrected chi connectivity index (χ0v) is 19.4. The summed E-state index contributed by atoms with van der Waals surface area (Å²) in [5.41, 5.74) is 1.16. The topological polar surface area (TPSA) is 85.8 Å². The molecule has 3 aromatic rings. The van der Waals surface area contributed by atoms with Crippen LogP contribution >= 0.6 is 11.6 Å². The van der Waals surface area contributed by atoms with E-state index in [0.29, 0.717) is 57.8 Å². The summed E-state index contributed by atoms with van der Waals surface area (Å²) in [4.78, 5) is 22.9. The lowest BCUT2D eigenvalue weighted by atomic mass is 10.2. The second-order valence-corrected chi connectivity index (χ2v) is 7.47. The van der Waals surface area contributed by atoms with Crippen LogP contribution in [0.2, 0.25) is 5.02 Å². The third-order valence-electron chi connectivity index (χ3n) is 4.78. The van der Waals surface area contributed by atoms with E-state index in [1.165, 1.54) is 6.33 Å². The molecule has 0 bridgehead atoms. The van der Waals surface area contributed by atoms with Crippen molar-refractivity contribution < 1.29 is 19.0 Å². The Morgan fingerprint density at radius 3 is 2.34 bits per heavy atom. The Morgan fingerprint density at radius 2 is 1.72 bits per heavy atom. The molecule has 0 fully saturated rings. The number of nitrogens with zero attached hydrogens (tertiary/aromatic N) is 3. The van der Waals surface area contributed by atoms with Crippen molar-refractivity contribution in [2.75, 3.05) is 32.6 Å². The van der Waals surface area contributed by atoms with E-state index in [-0.39, 0.29) is 6.03 Å². The van der Waals surface area contributed by atoms with E-state index in [1.54, 1.807) is 49.5 Å². The number of rotatable bonds is 9. The molecule has 1 aromatic heterocycles. The van der Waals surface area contributed by atoms with Gasteiger partial charge in [-0.05, 0) is 31.0 Å². The minimum Gasteiger partial charge on any atom is -0.493 e. The molecule has 0 aliphatic rings. The molecule has 0 spiro atoms. The molecule has 3 rings (SSSR count). The summed E-state index contributed by atoms with van der Waals surface area (Å²) in [6.45, 7) is 5.45. The molecular weight excluding hydrogens is 432 g/mol. The van der Waals surface area contributed by atoms with Gasteiger partial charge in [-0.2, -0.15) is 0 Å². The van der Waals surface area contributed by atoms with Crippen molar-refractivity contribution in [3.05, 3.63) is 41.7 Å². The fourth-order valence-corrected chi connectivity index (χ4v) is 3.48. The summed E-state index contributed by atoms with van der Waals surface area (Å²) in [7, 11) is 3.12. The van der Waals surface area contributed by atoms with Gasteiger partial charge in [0.05, 0.1) is 35.8 Å². The maximum atomic E-state index is 12.6. The molecule has 1 heterocycles. The lowest BCUT2D eigenvalue weighted by molar-refractivity contribution is 0.211. The van der Waals surface area contributed by atoms with Crippen molar-refractivity contribution in [3.63, 3.8) is 0 Å². The summed E-state index contributed by atoms with van der Waals surface area (Å²) in [5.74, 6) is 1.93. The van der Waals surface area contributed by atoms with E-state index in [1.807, 2.05) is 13.8 Å². The number of aromatic nitrogens is 2. The monoisotopic (exact) mass is 458 g/mol. The van der Waals surface area contributed by atoms with Crippen molar-refractivity contribution in [1.82, 2.24) is 14.9 Å². The third-order valence-corrected chi connectivity index (χ3v) is 5.09. The van der Waals surface area contributed by atoms with Crippen LogP contribution in [0.25, 0.3) is 10.9 Å². The summed E-state index contributed by atoms with van der Waals surface area (Å²) in [6, 6.07) is 8.41. The van der Waals surface area contributed by atoms with Crippen LogP contribution in [0.4, 0.5) is 10.5 Å². The first-order chi connectivity index (χ1) is 15.5. The van der Waals surface area contributed by atoms with Crippen LogP contribution in [0, 0.1) is 0 Å². The number of carbonyl (C=O) groups excluding carboxylic acids is 1. The van der Waals surface area contributed by atoms with Gasteiger partial charge in [0, 0.05) is 25.2 Å². The Balaban J connectivity index is 1.83. The number of halogens is 1. The molecule has 0 saturated heterocycles. The Kier molecular flexibility index (Phi) is 7.94. The summed E-state index contributed by atoms with van der Waals surface area (Å²) < 4.78 is 16.7. The van der Waals surface area contributed by atoms with E-state index in [0.717, 1.165) is 12.8 Å². The average Bonchev–Trinajstić information content (AvgIpc) is 2.80. The van der Waals surface area contributed by atoms with Gasteiger partial charge in [-0.1, -0.05) is 25.4 Å². The van der Waals surface area contributed by atoms with Gasteiger partial charge in [0.15, 0.2) is 11.5 Å². The van der Waals surface area contributed by atoms with E-state index in [9.17, 15) is 4.79 Å². The van der Waals surface area contributed by atoms with E-state index in [2.05, 4.69) is 15.3 Å². The van der Waals surface area contributed by atoms with Gasteiger partial charge in [-0.15, -0.1) is 0 Å². The Morgan fingerprint density at radius 1 is 1.03 bits per heavy atom. The number of methoxy groups -OCH3 is 2. The summed E-state index contributed by atoms with van der Waals surface area (Å²) >= 11 is 6.42. The van der Waals surface area contributed by atoms with Crippen LogP contribution in [-0.2, 0) is 0 Å². The Hall–Kier alpha value is -3.26. The zero-order valence-electron chi connectivity index (χ0n) is 18.6. The van der Waals surface area contributed by atoms with Crippen molar-refractivity contribution in [3.8, 4) is 23.1 Å². The van der Waals surface area contributed by atoms with Crippen LogP contribution in [0.1, 0.15) is 26.7 Å². The van der Waals surface area contributed by atoms with Crippen molar-refractivity contribution in [1.29, 1.82) is 0 Å². The fraction of sp³-hybridized carbons (Fsp3) is 0.348. The molecule has 2 amide bonds. The van der Waals surface area contributed by atoms with E-state index < -0.39 is 0 Å². The standard InChI is InChI=1S/C23H27ClN4O4/c1-5-9-28(10-6-2)23(29)27-18-8-7-15(11-17(18)24)32-22-16-12-20(30-3)21(31-4)13-19(16)25-14-26-22/h7-8,11-14H,5-6,9-10H2,1-4H3,(H,27,29). The predicted octanol–water partition coefficient (Wildman–Crippen LogP) is 5.75. The smallest absolute Gasteiger partial charge is 0.321 e. The number of carbonyl (C=O) groups is 1. The predicted molar refractivity (Wildman–Crippen MR) is 125 cm³/mol. The quantitative estimate of drug-likeness (QED) is 0.439. The van der Waals surface area contributed by atoms with Crippen molar-refractivity contribution in [2.45, 2.75) is 26.7 Å². The molecule has 0 atom stereocenters. The summed E-state index contributed by atoms with van der Waals surface area (Å²) in [6.07, 6.45) is 3.19. The molecule has 0 unspecified atom stereocenters. The normalized spacial score (nSPS) is 10.7. The maximum absolute atomic E-state index is 12.6. The number of anilines is 1. The molecule has 170 valence electrons. The molecule has 0 aliphatic heterocycles. The zero-order chi connectivity index (χ0) is 23.1. The number of ether oxygens (including phenoxy) is 3. The molecule has 0 saturated carbocycles. The third kappa shape index (κ3) is 5.31. The van der Waals surface area contributed by atoms with Crippen LogP contribution in [-0.4, -0.2) is 48.2 Å². The molecular formula is C23H27ClN4O4. The minimum absolute atomic E-state index is 0.174. The molecule has 0 aliphatic carbocycles. The second kappa shape index (κ2) is 10.9. The average molecular weight is 459 g/mol. The van der Waals surface area contributed by atoms with Gasteiger partial charge < -0.3 is 24.4 Å². The number of hydrogen-bond donors (Lipinski definition) is 1. The highest BCUT2D eigenvalue weighted by molar-refractivity contribution is 6.33. The molecule has 32 heavy (non-hydrogen) atoms. The number of nitrogens with one attached hydrogen (secondary N) is 1. The van der Waals surface area contributed by atoms with Crippen LogP contribution < -0.4 is 19.5 Å². The first-order valence-electron chi connectivity index (χ1n) is 10.4. The number of fused-ring (bicyclic) bond motifs is 1. The number of benzene rings is 2. The fourth-order valence-electron chi connectivity index (χ4n) is 3.26. The van der Waals surface area contributed by atoms with Gasteiger partial charge in [-0.3, -0.25) is 0 Å². The van der Waals surface area contributed by atoms with Gasteiger partial charge >= 0.3 is 6.03 Å². The molecule has 1 N–H and O–H groups in total. The number of hydrogen-bond acceptors (Lipinski definition) is 6. The Labute approximate surface area is 192 Å². The molecule has 2 aromatic carbocycles. The molecule has 9 heteroatoms. The lowest BCUT2D eigenvalue weighted by Crippen LogP contribution is -2.36. The van der Waals surface area contributed by atoms with Crippen molar-refractivity contribution in [2.24, 2.45) is 0 Å². The Bertz CT molecular complexity index is 1090. The first-order valence-corrected chi connectivity index (χ1v) is 10.8. The highest BCUT2D eigenvalue weighted by atomic mass is 35.5. The highest BCUT2D eigenvalue weighted by Crippen LogP contribution is 2.36. The number of amides is 2. The minimum atomic E-state index is -0.174. The largest absolute Gasteiger partial charge is 0.493 e. The van der Waals surface area contributed by atoms with Gasteiger partial charge in [0.25, 0.3) is 0 Å². The van der Waals surface area contributed by atoms with Gasteiger partial charge in [0.2, 0.25) is 5.88 Å². The number of urea groups is 1. The van der Waals surface area contributed by atoms with Crippen molar-refractivity contribution >= 4 is 34.2 Å². The lowest BCUT2D eigenvalue weighted by Gasteiger charge is -2.22.